The second-order valence-corrected chi connectivity index (χ2v) is 13.0. The van der Waals surface area contributed by atoms with Gasteiger partial charge in [-0.05, 0) is 61.3 Å². The standard InChI is InChI=1S/C26H31N3O6S2/c1-5-34-24(31)21-18-9-7-6-8-10-19(18)36-23(21)27-20(30)15-37(32,33)25-29-28-22(35-25)16-11-13-17(14-12-16)26(2,3)4/h11-14H,5-10,15H2,1-4H3,(H,27,30). The fraction of sp³-hybridized carbons (Fsp3) is 0.462. The molecule has 2 aromatic heterocycles. The van der Waals surface area contributed by atoms with E-state index in [0.29, 0.717) is 16.1 Å². The lowest BCUT2D eigenvalue weighted by Gasteiger charge is -2.18. The van der Waals surface area contributed by atoms with E-state index in [1.807, 2.05) is 12.1 Å². The average Bonchev–Trinajstić information content (AvgIpc) is 3.38. The number of hydrogen-bond acceptors (Lipinski definition) is 9. The van der Waals surface area contributed by atoms with Gasteiger partial charge in [0.15, 0.2) is 0 Å². The largest absolute Gasteiger partial charge is 0.462 e. The van der Waals surface area contributed by atoms with Gasteiger partial charge in [0.2, 0.25) is 21.6 Å². The van der Waals surface area contributed by atoms with Crippen LogP contribution in [0.25, 0.3) is 11.5 Å². The summed E-state index contributed by atoms with van der Waals surface area (Å²) in [6, 6.07) is 7.42. The number of aromatic nitrogens is 2. The van der Waals surface area contributed by atoms with Gasteiger partial charge < -0.3 is 14.5 Å². The fourth-order valence-corrected chi connectivity index (χ4v) is 6.42. The Kier molecular flexibility index (Phi) is 7.84. The van der Waals surface area contributed by atoms with Gasteiger partial charge >= 0.3 is 11.2 Å². The Morgan fingerprint density at radius 2 is 1.78 bits per heavy atom. The third kappa shape index (κ3) is 6.10. The highest BCUT2D eigenvalue weighted by Gasteiger charge is 2.30. The van der Waals surface area contributed by atoms with Gasteiger partial charge in [-0.15, -0.1) is 16.4 Å². The number of nitrogens with zero attached hydrogens (tertiary/aromatic N) is 2. The molecule has 1 aromatic carbocycles. The van der Waals surface area contributed by atoms with Crippen molar-refractivity contribution in [3.63, 3.8) is 0 Å². The number of carbonyl (C=O) groups is 2. The summed E-state index contributed by atoms with van der Waals surface area (Å²) in [5.41, 5.74) is 2.86. The van der Waals surface area contributed by atoms with Crippen LogP contribution in [0.5, 0.6) is 0 Å². The van der Waals surface area contributed by atoms with Gasteiger partial charge in [-0.3, -0.25) is 4.79 Å². The predicted octanol–water partition coefficient (Wildman–Crippen LogP) is 4.95. The normalized spacial score (nSPS) is 14.1. The smallest absolute Gasteiger partial charge is 0.341 e. The van der Waals surface area contributed by atoms with E-state index < -0.39 is 32.7 Å². The molecule has 1 aliphatic carbocycles. The molecule has 0 aliphatic heterocycles. The van der Waals surface area contributed by atoms with E-state index in [-0.39, 0.29) is 17.9 Å². The molecular formula is C26H31N3O6S2. The molecule has 1 amide bonds. The highest BCUT2D eigenvalue weighted by Crippen LogP contribution is 2.38. The summed E-state index contributed by atoms with van der Waals surface area (Å²) in [5, 5.41) is 9.84. The average molecular weight is 546 g/mol. The summed E-state index contributed by atoms with van der Waals surface area (Å²) in [7, 11) is -4.21. The number of fused-ring (bicyclic) bond motifs is 1. The molecule has 1 N–H and O–H groups in total. The van der Waals surface area contributed by atoms with Crippen LogP contribution >= 0.6 is 11.3 Å². The zero-order valence-corrected chi connectivity index (χ0v) is 23.1. The molecule has 9 nitrogen and oxygen atoms in total. The summed E-state index contributed by atoms with van der Waals surface area (Å²) in [6.45, 7) is 8.18. The van der Waals surface area contributed by atoms with E-state index in [9.17, 15) is 18.0 Å². The van der Waals surface area contributed by atoms with Crippen LogP contribution in [0.3, 0.4) is 0 Å². The molecule has 198 valence electrons. The number of sulfone groups is 1. The first-order chi connectivity index (χ1) is 17.5. The molecule has 3 aromatic rings. The number of anilines is 1. The van der Waals surface area contributed by atoms with E-state index in [2.05, 4.69) is 36.3 Å². The monoisotopic (exact) mass is 545 g/mol. The molecule has 0 saturated heterocycles. The van der Waals surface area contributed by atoms with E-state index in [0.717, 1.165) is 48.1 Å². The molecular weight excluding hydrogens is 514 g/mol. The van der Waals surface area contributed by atoms with Crippen LogP contribution < -0.4 is 5.32 Å². The quantitative estimate of drug-likeness (QED) is 0.326. The van der Waals surface area contributed by atoms with E-state index in [4.69, 9.17) is 9.15 Å². The highest BCUT2D eigenvalue weighted by molar-refractivity contribution is 7.91. The van der Waals surface area contributed by atoms with Gasteiger partial charge in [-0.25, -0.2) is 13.2 Å². The Bertz CT molecular complexity index is 1400. The molecule has 4 rings (SSSR count). The summed E-state index contributed by atoms with van der Waals surface area (Å²) in [4.78, 5) is 26.5. The minimum absolute atomic E-state index is 0.0383. The van der Waals surface area contributed by atoms with Crippen molar-refractivity contribution in [3.05, 3.63) is 45.8 Å². The molecule has 0 radical (unpaired) electrons. The Morgan fingerprint density at radius 3 is 2.46 bits per heavy atom. The number of nitrogens with one attached hydrogen (secondary N) is 1. The number of rotatable bonds is 7. The zero-order chi connectivity index (χ0) is 26.8. The number of amides is 1. The third-order valence-corrected chi connectivity index (χ3v) is 8.69. The molecule has 0 saturated carbocycles. The van der Waals surface area contributed by atoms with Crippen molar-refractivity contribution in [1.82, 2.24) is 10.2 Å². The number of esters is 1. The lowest BCUT2D eigenvalue weighted by Crippen LogP contribution is -2.24. The zero-order valence-electron chi connectivity index (χ0n) is 21.4. The van der Waals surface area contributed by atoms with E-state index in [1.165, 1.54) is 11.3 Å². The number of benzene rings is 1. The van der Waals surface area contributed by atoms with E-state index in [1.54, 1.807) is 19.1 Å². The maximum absolute atomic E-state index is 12.9. The molecule has 0 bridgehead atoms. The first-order valence-electron chi connectivity index (χ1n) is 12.3. The fourth-order valence-electron chi connectivity index (χ4n) is 4.21. The topological polar surface area (TPSA) is 128 Å². The van der Waals surface area contributed by atoms with Crippen LogP contribution in [-0.2, 0) is 37.6 Å². The van der Waals surface area contributed by atoms with Crippen LogP contribution in [0.15, 0.2) is 33.9 Å². The van der Waals surface area contributed by atoms with Crippen LogP contribution in [0, 0.1) is 0 Å². The van der Waals surface area contributed by atoms with Gasteiger partial charge in [-0.2, -0.15) is 0 Å². The van der Waals surface area contributed by atoms with Crippen molar-refractivity contribution in [1.29, 1.82) is 0 Å². The summed E-state index contributed by atoms with van der Waals surface area (Å²) < 4.78 is 36.4. The van der Waals surface area contributed by atoms with Crippen LogP contribution in [-0.4, -0.2) is 42.9 Å². The van der Waals surface area contributed by atoms with Crippen molar-refractivity contribution in [3.8, 4) is 11.5 Å². The molecule has 11 heteroatoms. The summed E-state index contributed by atoms with van der Waals surface area (Å²) in [6.07, 6.45) is 4.53. The molecule has 0 unspecified atom stereocenters. The molecule has 0 fully saturated rings. The minimum atomic E-state index is -4.21. The Hall–Kier alpha value is -3.05. The second kappa shape index (κ2) is 10.7. The number of ether oxygens (including phenoxy) is 1. The first kappa shape index (κ1) is 27.0. The van der Waals surface area contributed by atoms with Crippen molar-refractivity contribution in [2.24, 2.45) is 0 Å². The van der Waals surface area contributed by atoms with Gasteiger partial charge in [0.05, 0.1) is 12.2 Å². The van der Waals surface area contributed by atoms with Gasteiger partial charge in [0.25, 0.3) is 0 Å². The van der Waals surface area contributed by atoms with Gasteiger partial charge in [0, 0.05) is 10.4 Å². The molecule has 0 spiro atoms. The Balaban J connectivity index is 1.51. The van der Waals surface area contributed by atoms with Crippen molar-refractivity contribution >= 4 is 38.1 Å². The molecule has 37 heavy (non-hydrogen) atoms. The van der Waals surface area contributed by atoms with E-state index >= 15 is 0 Å². The highest BCUT2D eigenvalue weighted by atomic mass is 32.2. The lowest BCUT2D eigenvalue weighted by molar-refractivity contribution is -0.113. The van der Waals surface area contributed by atoms with Gasteiger partial charge in [0.1, 0.15) is 10.8 Å². The SMILES string of the molecule is CCOC(=O)c1c(NC(=O)CS(=O)(=O)c2nnc(-c3ccc(C(C)(C)C)cc3)o2)sc2c1CCCCC2. The van der Waals surface area contributed by atoms with Crippen LogP contribution in [0.2, 0.25) is 0 Å². The Morgan fingerprint density at radius 1 is 1.08 bits per heavy atom. The molecule has 0 atom stereocenters. The lowest BCUT2D eigenvalue weighted by atomic mass is 9.87. The maximum Gasteiger partial charge on any atom is 0.341 e. The predicted molar refractivity (Wildman–Crippen MR) is 141 cm³/mol. The Labute approximate surface area is 220 Å². The third-order valence-electron chi connectivity index (χ3n) is 6.15. The van der Waals surface area contributed by atoms with Crippen LogP contribution in [0.4, 0.5) is 5.00 Å². The first-order valence-corrected chi connectivity index (χ1v) is 14.7. The number of hydrogen-bond donors (Lipinski definition) is 1. The summed E-state index contributed by atoms with van der Waals surface area (Å²) >= 11 is 1.30. The van der Waals surface area contributed by atoms with Crippen molar-refractivity contribution in [2.45, 2.75) is 70.4 Å². The van der Waals surface area contributed by atoms with Crippen molar-refractivity contribution < 1.29 is 27.2 Å². The van der Waals surface area contributed by atoms with Crippen LogP contribution in [0.1, 0.15) is 73.3 Å². The maximum atomic E-state index is 12.9. The number of thiophene rings is 1. The van der Waals surface area contributed by atoms with Crippen molar-refractivity contribution in [2.75, 3.05) is 17.7 Å². The number of carbonyl (C=O) groups excluding carboxylic acids is 2. The molecule has 1 aliphatic rings. The minimum Gasteiger partial charge on any atom is -0.462 e. The second-order valence-electron chi connectivity index (χ2n) is 10.00. The summed E-state index contributed by atoms with van der Waals surface area (Å²) in [5.74, 6) is -2.16. The number of aryl methyl sites for hydroxylation is 1. The van der Waals surface area contributed by atoms with Gasteiger partial charge in [-0.1, -0.05) is 44.4 Å². The molecule has 2 heterocycles.